The van der Waals surface area contributed by atoms with Gasteiger partial charge < -0.3 is 15.9 Å². The minimum absolute atomic E-state index is 0.105. The van der Waals surface area contributed by atoms with Crippen LogP contribution in [-0.2, 0) is 4.79 Å². The van der Waals surface area contributed by atoms with Crippen LogP contribution in [0.2, 0.25) is 5.02 Å². The molecule has 1 atom stereocenters. The van der Waals surface area contributed by atoms with Crippen molar-refractivity contribution in [2.24, 2.45) is 5.73 Å². The highest BCUT2D eigenvalue weighted by Gasteiger charge is 2.22. The molecule has 6 heteroatoms. The van der Waals surface area contributed by atoms with E-state index in [1.165, 1.54) is 0 Å². The largest absolute Gasteiger partial charge is 0.506 e. The maximum atomic E-state index is 13.3. The fraction of sp³-hybridized carbons (Fsp3) is 0.222. The number of phenolic OH excluding ortho intramolecular Hbond substituents is 1. The molecule has 0 aromatic heterocycles. The van der Waals surface area contributed by atoms with E-state index in [-0.39, 0.29) is 17.1 Å². The summed E-state index contributed by atoms with van der Waals surface area (Å²) in [6, 6.07) is 1.83. The second-order valence-electron chi connectivity index (χ2n) is 2.95. The van der Waals surface area contributed by atoms with Crippen molar-refractivity contribution in [1.82, 2.24) is 0 Å². The molecular formula is C9H9ClFNO3. The van der Waals surface area contributed by atoms with E-state index >= 15 is 0 Å². The summed E-state index contributed by atoms with van der Waals surface area (Å²) in [4.78, 5) is 10.7. The maximum Gasteiger partial charge on any atom is 0.312 e. The van der Waals surface area contributed by atoms with Crippen LogP contribution in [0.3, 0.4) is 0 Å². The van der Waals surface area contributed by atoms with Crippen LogP contribution in [0, 0.1) is 5.82 Å². The van der Waals surface area contributed by atoms with Crippen molar-refractivity contribution in [3.05, 3.63) is 28.5 Å². The molecule has 0 spiro atoms. The lowest BCUT2D eigenvalue weighted by molar-refractivity contribution is -0.138. The molecule has 0 aliphatic rings. The second-order valence-corrected chi connectivity index (χ2v) is 3.36. The summed E-state index contributed by atoms with van der Waals surface area (Å²) in [5.41, 5.74) is 5.08. The smallest absolute Gasteiger partial charge is 0.312 e. The zero-order chi connectivity index (χ0) is 11.6. The third-order valence-electron chi connectivity index (χ3n) is 1.98. The van der Waals surface area contributed by atoms with Gasteiger partial charge in [0.25, 0.3) is 0 Å². The minimum atomic E-state index is -1.24. The van der Waals surface area contributed by atoms with Crippen LogP contribution in [0.5, 0.6) is 5.75 Å². The normalized spacial score (nSPS) is 12.5. The number of halogens is 2. The van der Waals surface area contributed by atoms with Crippen molar-refractivity contribution in [3.8, 4) is 5.75 Å². The lowest BCUT2D eigenvalue weighted by atomic mass is 9.99. The predicted octanol–water partition coefficient (Wildman–Crippen LogP) is 1.31. The number of aliphatic carboxylic acids is 1. The van der Waals surface area contributed by atoms with Gasteiger partial charge in [0.15, 0.2) is 0 Å². The van der Waals surface area contributed by atoms with Crippen molar-refractivity contribution >= 4 is 17.6 Å². The van der Waals surface area contributed by atoms with Gasteiger partial charge in [-0.25, -0.2) is 4.39 Å². The lowest BCUT2D eigenvalue weighted by Gasteiger charge is -2.11. The van der Waals surface area contributed by atoms with Gasteiger partial charge in [-0.15, -0.1) is 0 Å². The predicted molar refractivity (Wildman–Crippen MR) is 52.5 cm³/mol. The van der Waals surface area contributed by atoms with Crippen LogP contribution in [-0.4, -0.2) is 22.7 Å². The van der Waals surface area contributed by atoms with E-state index in [4.69, 9.17) is 27.5 Å². The molecule has 0 saturated carbocycles. The minimum Gasteiger partial charge on any atom is -0.506 e. The van der Waals surface area contributed by atoms with Crippen LogP contribution >= 0.6 is 11.6 Å². The molecule has 1 unspecified atom stereocenters. The maximum absolute atomic E-state index is 13.3. The van der Waals surface area contributed by atoms with Gasteiger partial charge in [-0.1, -0.05) is 11.6 Å². The summed E-state index contributed by atoms with van der Waals surface area (Å²) >= 11 is 5.54. The Morgan fingerprint density at radius 1 is 1.60 bits per heavy atom. The Labute approximate surface area is 90.1 Å². The number of benzene rings is 1. The number of aromatic hydroxyl groups is 1. The molecule has 1 aromatic carbocycles. The van der Waals surface area contributed by atoms with Gasteiger partial charge in [-0.05, 0) is 6.07 Å². The van der Waals surface area contributed by atoms with E-state index in [0.29, 0.717) is 0 Å². The molecular weight excluding hydrogens is 225 g/mol. The summed E-state index contributed by atoms with van der Waals surface area (Å²) in [6.45, 7) is -0.243. The van der Waals surface area contributed by atoms with Crippen molar-refractivity contribution in [1.29, 1.82) is 0 Å². The molecule has 0 amide bonds. The molecule has 0 fully saturated rings. The van der Waals surface area contributed by atoms with Gasteiger partial charge in [0.2, 0.25) is 0 Å². The second kappa shape index (κ2) is 4.46. The van der Waals surface area contributed by atoms with Gasteiger partial charge in [-0.3, -0.25) is 4.79 Å². The van der Waals surface area contributed by atoms with Gasteiger partial charge in [-0.2, -0.15) is 0 Å². The van der Waals surface area contributed by atoms with E-state index in [2.05, 4.69) is 0 Å². The standard InChI is InChI=1S/C9H9ClFNO3/c10-6-1-4(5(3-12)9(14)15)7(11)2-8(6)13/h1-2,5,13H,3,12H2,(H,14,15). The quantitative estimate of drug-likeness (QED) is 0.735. The van der Waals surface area contributed by atoms with Crippen molar-refractivity contribution < 1.29 is 19.4 Å². The monoisotopic (exact) mass is 233 g/mol. The highest BCUT2D eigenvalue weighted by atomic mass is 35.5. The van der Waals surface area contributed by atoms with E-state index in [9.17, 15) is 9.18 Å². The fourth-order valence-corrected chi connectivity index (χ4v) is 1.35. The summed E-state index contributed by atoms with van der Waals surface area (Å²) in [6.07, 6.45) is 0. The first-order valence-corrected chi connectivity index (χ1v) is 4.46. The van der Waals surface area contributed by atoms with Gasteiger partial charge >= 0.3 is 5.97 Å². The topological polar surface area (TPSA) is 83.6 Å². The first-order chi connectivity index (χ1) is 6.97. The van der Waals surface area contributed by atoms with Crippen LogP contribution in [0.25, 0.3) is 0 Å². The molecule has 1 rings (SSSR count). The van der Waals surface area contributed by atoms with Gasteiger partial charge in [0.1, 0.15) is 11.6 Å². The number of rotatable bonds is 3. The fourth-order valence-electron chi connectivity index (χ4n) is 1.18. The molecule has 4 nitrogen and oxygen atoms in total. The molecule has 0 aliphatic heterocycles. The first kappa shape index (κ1) is 11.7. The lowest BCUT2D eigenvalue weighted by Crippen LogP contribution is -2.22. The molecule has 15 heavy (non-hydrogen) atoms. The van der Waals surface area contributed by atoms with Crippen LogP contribution in [0.1, 0.15) is 11.5 Å². The SMILES string of the molecule is NCC(C(=O)O)c1cc(Cl)c(O)cc1F. The van der Waals surface area contributed by atoms with Crippen molar-refractivity contribution in [2.45, 2.75) is 5.92 Å². The Kier molecular flexibility index (Phi) is 3.49. The Morgan fingerprint density at radius 2 is 2.20 bits per heavy atom. The molecule has 0 heterocycles. The number of phenols is 1. The van der Waals surface area contributed by atoms with E-state index in [1.54, 1.807) is 0 Å². The summed E-state index contributed by atoms with van der Waals surface area (Å²) < 4.78 is 13.3. The summed E-state index contributed by atoms with van der Waals surface area (Å²) in [5, 5.41) is 17.7. The van der Waals surface area contributed by atoms with Crippen molar-refractivity contribution in [2.75, 3.05) is 6.54 Å². The van der Waals surface area contributed by atoms with E-state index < -0.39 is 23.5 Å². The summed E-state index contributed by atoms with van der Waals surface area (Å²) in [5.74, 6) is -3.67. The average Bonchev–Trinajstić information content (AvgIpc) is 2.14. The van der Waals surface area contributed by atoms with Gasteiger partial charge in [0.05, 0.1) is 10.9 Å². The molecule has 4 N–H and O–H groups in total. The average molecular weight is 234 g/mol. The molecule has 82 valence electrons. The first-order valence-electron chi connectivity index (χ1n) is 4.08. The third-order valence-corrected chi connectivity index (χ3v) is 2.28. The number of hydrogen-bond acceptors (Lipinski definition) is 3. The van der Waals surface area contributed by atoms with Crippen LogP contribution in [0.15, 0.2) is 12.1 Å². The third kappa shape index (κ3) is 2.37. The highest BCUT2D eigenvalue weighted by Crippen LogP contribution is 2.30. The summed E-state index contributed by atoms with van der Waals surface area (Å²) in [7, 11) is 0. The Balaban J connectivity index is 3.24. The molecule has 1 aromatic rings. The highest BCUT2D eigenvalue weighted by molar-refractivity contribution is 6.32. The van der Waals surface area contributed by atoms with Crippen molar-refractivity contribution in [3.63, 3.8) is 0 Å². The van der Waals surface area contributed by atoms with Crippen LogP contribution < -0.4 is 5.73 Å². The number of hydrogen-bond donors (Lipinski definition) is 3. The number of nitrogens with two attached hydrogens (primary N) is 1. The Bertz CT molecular complexity index is 397. The van der Waals surface area contributed by atoms with E-state index in [1.807, 2.05) is 0 Å². The molecule has 0 saturated heterocycles. The molecule has 0 radical (unpaired) electrons. The van der Waals surface area contributed by atoms with Gasteiger partial charge in [0, 0.05) is 18.2 Å². The number of carbonyl (C=O) groups is 1. The Hall–Kier alpha value is -1.33. The molecule has 0 bridgehead atoms. The van der Waals surface area contributed by atoms with Crippen LogP contribution in [0.4, 0.5) is 4.39 Å². The van der Waals surface area contributed by atoms with E-state index in [0.717, 1.165) is 12.1 Å². The number of carboxylic acids is 1. The zero-order valence-electron chi connectivity index (χ0n) is 7.58. The molecule has 0 aliphatic carbocycles. The Morgan fingerprint density at radius 3 is 2.67 bits per heavy atom. The number of carboxylic acid groups (broad SMARTS) is 1. The zero-order valence-corrected chi connectivity index (χ0v) is 8.33.